The monoisotopic (exact) mass is 115 g/mol. The molecule has 1 amide bonds. The highest BCUT2D eigenvalue weighted by molar-refractivity contribution is 5.87. The fourth-order valence-electron chi connectivity index (χ4n) is 0.419. The van der Waals surface area contributed by atoms with E-state index in [4.69, 9.17) is 5.11 Å². The van der Waals surface area contributed by atoms with Crippen molar-refractivity contribution in [1.29, 1.82) is 0 Å². The molecule has 1 heterocycles. The summed E-state index contributed by atoms with van der Waals surface area (Å²) in [5.74, 6) is 0. The molecule has 1 N–H and O–H groups in total. The van der Waals surface area contributed by atoms with Gasteiger partial charge < -0.3 is 9.84 Å². The Hall–Kier alpha value is -0.900. The predicted octanol–water partition coefficient (Wildman–Crippen LogP) is -0.432. The molecule has 0 aromatic carbocycles. The summed E-state index contributed by atoms with van der Waals surface area (Å²) in [6, 6.07) is 0. The molecule has 0 bridgehead atoms. The summed E-state index contributed by atoms with van der Waals surface area (Å²) in [6.07, 6.45) is 0.147. The maximum atomic E-state index is 10.1. The first-order valence-electron chi connectivity index (χ1n) is 2.18. The van der Waals surface area contributed by atoms with Crippen LogP contribution in [0.3, 0.4) is 0 Å². The van der Waals surface area contributed by atoms with E-state index in [0.717, 1.165) is 0 Å². The number of hydrogen-bond donors (Lipinski definition) is 1. The zero-order valence-electron chi connectivity index (χ0n) is 4.07. The number of aliphatic imine (C=N–C) groups is 1. The minimum Gasteiger partial charge on any atom is -0.436 e. The molecule has 0 aliphatic carbocycles. The third-order valence-electron chi connectivity index (χ3n) is 0.778. The normalized spacial score (nSPS) is 26.1. The number of rotatable bonds is 1. The Morgan fingerprint density at radius 1 is 2.00 bits per heavy atom. The van der Waals surface area contributed by atoms with E-state index in [1.165, 1.54) is 6.21 Å². The molecule has 0 fully saturated rings. The first kappa shape index (κ1) is 5.24. The number of cyclic esters (lactones) is 1. The van der Waals surface area contributed by atoms with Crippen molar-refractivity contribution in [3.8, 4) is 0 Å². The number of ether oxygens (including phenoxy) is 1. The highest BCUT2D eigenvalue weighted by Gasteiger charge is 2.15. The third kappa shape index (κ3) is 0.840. The van der Waals surface area contributed by atoms with Crippen molar-refractivity contribution < 1.29 is 14.6 Å². The van der Waals surface area contributed by atoms with Crippen LogP contribution in [0, 0.1) is 0 Å². The number of carbonyl (C=O) groups excluding carboxylic acids is 1. The van der Waals surface area contributed by atoms with Gasteiger partial charge in [0, 0.05) is 0 Å². The SMILES string of the molecule is O=C1N=C[C@H](CO)O1. The molecular formula is C4H5NO3. The highest BCUT2D eigenvalue weighted by Crippen LogP contribution is 1.98. The lowest BCUT2D eigenvalue weighted by atomic mass is 10.4. The molecule has 0 aromatic rings. The van der Waals surface area contributed by atoms with Gasteiger partial charge >= 0.3 is 6.09 Å². The molecule has 44 valence electrons. The number of aliphatic hydroxyl groups is 1. The van der Waals surface area contributed by atoms with Crippen molar-refractivity contribution in [3.05, 3.63) is 0 Å². The second-order valence-electron chi connectivity index (χ2n) is 1.38. The van der Waals surface area contributed by atoms with Crippen LogP contribution in [0.15, 0.2) is 4.99 Å². The number of nitrogens with zero attached hydrogens (tertiary/aromatic N) is 1. The molecule has 1 rings (SSSR count). The Bertz CT molecular complexity index is 131. The summed E-state index contributed by atoms with van der Waals surface area (Å²) in [4.78, 5) is 13.3. The highest BCUT2D eigenvalue weighted by atomic mass is 16.6. The van der Waals surface area contributed by atoms with Gasteiger partial charge in [-0.05, 0) is 0 Å². The van der Waals surface area contributed by atoms with Crippen molar-refractivity contribution in [3.63, 3.8) is 0 Å². The maximum Gasteiger partial charge on any atom is 0.434 e. The molecule has 0 spiro atoms. The number of hydrogen-bond acceptors (Lipinski definition) is 3. The third-order valence-corrected chi connectivity index (χ3v) is 0.778. The van der Waals surface area contributed by atoms with Crippen LogP contribution in [-0.4, -0.2) is 30.1 Å². The Morgan fingerprint density at radius 2 is 2.75 bits per heavy atom. The smallest absolute Gasteiger partial charge is 0.434 e. The quantitative estimate of drug-likeness (QED) is 0.504. The van der Waals surface area contributed by atoms with Gasteiger partial charge in [0.05, 0.1) is 12.8 Å². The summed E-state index contributed by atoms with van der Waals surface area (Å²) < 4.78 is 4.40. The van der Waals surface area contributed by atoms with Crippen LogP contribution in [0.25, 0.3) is 0 Å². The second kappa shape index (κ2) is 1.92. The molecule has 1 aliphatic heterocycles. The molecule has 0 saturated carbocycles. The Kier molecular flexibility index (Phi) is 1.26. The van der Waals surface area contributed by atoms with E-state index in [1.54, 1.807) is 0 Å². The molecule has 0 radical (unpaired) electrons. The van der Waals surface area contributed by atoms with Gasteiger partial charge in [-0.25, -0.2) is 4.79 Å². The van der Waals surface area contributed by atoms with Gasteiger partial charge in [-0.3, -0.25) is 0 Å². The second-order valence-corrected chi connectivity index (χ2v) is 1.38. The van der Waals surface area contributed by atoms with Crippen LogP contribution < -0.4 is 0 Å². The average molecular weight is 115 g/mol. The minimum absolute atomic E-state index is 0.185. The van der Waals surface area contributed by atoms with Crippen molar-refractivity contribution in [2.75, 3.05) is 6.61 Å². The van der Waals surface area contributed by atoms with Gasteiger partial charge in [-0.15, -0.1) is 0 Å². The molecular weight excluding hydrogens is 110 g/mol. The molecule has 0 saturated heterocycles. The van der Waals surface area contributed by atoms with E-state index in [9.17, 15) is 4.79 Å². The number of amides is 1. The number of carbonyl (C=O) groups is 1. The van der Waals surface area contributed by atoms with Gasteiger partial charge in [-0.2, -0.15) is 4.99 Å². The van der Waals surface area contributed by atoms with Crippen LogP contribution in [0.1, 0.15) is 0 Å². The summed E-state index contributed by atoms with van der Waals surface area (Å²) >= 11 is 0. The lowest BCUT2D eigenvalue weighted by molar-refractivity contribution is 0.112. The standard InChI is InChI=1S/C4H5NO3/c6-2-3-1-5-4(7)8-3/h1,3,6H,2H2/t3-/m1/s1. The Labute approximate surface area is 45.8 Å². The number of aliphatic hydroxyl groups excluding tert-OH is 1. The summed E-state index contributed by atoms with van der Waals surface area (Å²) in [5.41, 5.74) is 0. The fraction of sp³-hybridized carbons (Fsp3) is 0.500. The zero-order chi connectivity index (χ0) is 5.98. The molecule has 0 unspecified atom stereocenters. The van der Waals surface area contributed by atoms with Crippen molar-refractivity contribution in [2.24, 2.45) is 4.99 Å². The van der Waals surface area contributed by atoms with Gasteiger partial charge in [0.1, 0.15) is 0 Å². The van der Waals surface area contributed by atoms with Crippen LogP contribution in [-0.2, 0) is 4.74 Å². The van der Waals surface area contributed by atoms with Gasteiger partial charge in [-0.1, -0.05) is 0 Å². The Balaban J connectivity index is 2.46. The summed E-state index contributed by atoms with van der Waals surface area (Å²) in [7, 11) is 0. The van der Waals surface area contributed by atoms with E-state index in [-0.39, 0.29) is 6.61 Å². The van der Waals surface area contributed by atoms with Crippen molar-refractivity contribution >= 4 is 12.3 Å². The molecule has 4 nitrogen and oxygen atoms in total. The topological polar surface area (TPSA) is 58.9 Å². The fourth-order valence-corrected chi connectivity index (χ4v) is 0.419. The van der Waals surface area contributed by atoms with Crippen molar-refractivity contribution in [1.82, 2.24) is 0 Å². The van der Waals surface area contributed by atoms with Gasteiger partial charge in [0.2, 0.25) is 0 Å². The van der Waals surface area contributed by atoms with Crippen LogP contribution >= 0.6 is 0 Å². The van der Waals surface area contributed by atoms with Crippen molar-refractivity contribution in [2.45, 2.75) is 6.10 Å². The molecule has 1 atom stereocenters. The van der Waals surface area contributed by atoms with E-state index in [0.29, 0.717) is 0 Å². The Morgan fingerprint density at radius 3 is 3.00 bits per heavy atom. The zero-order valence-corrected chi connectivity index (χ0v) is 4.07. The van der Waals surface area contributed by atoms with Crippen LogP contribution in [0.5, 0.6) is 0 Å². The molecule has 0 aromatic heterocycles. The lowest BCUT2D eigenvalue weighted by Gasteiger charge is -1.97. The molecule has 8 heavy (non-hydrogen) atoms. The molecule has 1 aliphatic rings. The lowest BCUT2D eigenvalue weighted by Crippen LogP contribution is -2.14. The average Bonchev–Trinajstić information content (AvgIpc) is 2.14. The maximum absolute atomic E-state index is 10.1. The van der Waals surface area contributed by atoms with Gasteiger partial charge in [0.25, 0.3) is 0 Å². The van der Waals surface area contributed by atoms with E-state index in [2.05, 4.69) is 9.73 Å². The molecule has 4 heteroatoms. The first-order chi connectivity index (χ1) is 3.83. The van der Waals surface area contributed by atoms with Crippen LogP contribution in [0.2, 0.25) is 0 Å². The van der Waals surface area contributed by atoms with Crippen LogP contribution in [0.4, 0.5) is 4.79 Å². The van der Waals surface area contributed by atoms with E-state index in [1.807, 2.05) is 0 Å². The summed E-state index contributed by atoms with van der Waals surface area (Å²) in [5, 5.41) is 8.32. The largest absolute Gasteiger partial charge is 0.436 e. The predicted molar refractivity (Wildman–Crippen MR) is 25.8 cm³/mol. The van der Waals surface area contributed by atoms with Gasteiger partial charge in [0.15, 0.2) is 6.10 Å². The minimum atomic E-state index is -0.621. The summed E-state index contributed by atoms with van der Waals surface area (Å²) in [6.45, 7) is -0.185. The first-order valence-corrected chi connectivity index (χ1v) is 2.18. The van der Waals surface area contributed by atoms with E-state index >= 15 is 0 Å². The van der Waals surface area contributed by atoms with E-state index < -0.39 is 12.2 Å².